The molecule has 2 rings (SSSR count). The molecule has 2 N–H and O–H groups in total. The van der Waals surface area contributed by atoms with Crippen molar-refractivity contribution >= 4 is 40.4 Å². The Labute approximate surface area is 150 Å². The summed E-state index contributed by atoms with van der Waals surface area (Å²) in [5.41, 5.74) is 1.60. The van der Waals surface area contributed by atoms with Gasteiger partial charge in [-0.2, -0.15) is 0 Å². The van der Waals surface area contributed by atoms with E-state index in [2.05, 4.69) is 15.6 Å². The number of hydrogen-bond donors (Lipinski definition) is 2. The van der Waals surface area contributed by atoms with E-state index in [9.17, 15) is 14.4 Å². The minimum absolute atomic E-state index is 0.0562. The quantitative estimate of drug-likeness (QED) is 0.828. The molecule has 2 aromatic rings. The van der Waals surface area contributed by atoms with Crippen molar-refractivity contribution in [1.29, 1.82) is 0 Å². The van der Waals surface area contributed by atoms with Crippen LogP contribution in [-0.2, 0) is 9.59 Å². The molecule has 0 aliphatic heterocycles. The second kappa shape index (κ2) is 8.39. The number of thiazole rings is 1. The van der Waals surface area contributed by atoms with Crippen molar-refractivity contribution in [1.82, 2.24) is 9.88 Å². The highest BCUT2D eigenvalue weighted by Gasteiger charge is 2.19. The molecule has 0 fully saturated rings. The molecule has 3 amide bonds. The number of aromatic nitrogens is 1. The van der Waals surface area contributed by atoms with Gasteiger partial charge in [-0.15, -0.1) is 11.3 Å². The summed E-state index contributed by atoms with van der Waals surface area (Å²) >= 11 is 1.40. The standard InChI is InChI=1S/C17H20N4O3S/c1-4-21(17(24)15-10-25-12(3)19-15)9-16(23)20-14-7-5-13(6-8-14)18-11(2)22/h5-8,10H,4,9H2,1-3H3,(H,18,22)(H,20,23). The van der Waals surface area contributed by atoms with E-state index < -0.39 is 0 Å². The minimum atomic E-state index is -0.297. The summed E-state index contributed by atoms with van der Waals surface area (Å²) in [6.45, 7) is 5.42. The first-order valence-corrected chi connectivity index (χ1v) is 8.66. The summed E-state index contributed by atoms with van der Waals surface area (Å²) in [6, 6.07) is 6.76. The van der Waals surface area contributed by atoms with E-state index in [0.29, 0.717) is 23.6 Å². The Morgan fingerprint density at radius 1 is 1.12 bits per heavy atom. The van der Waals surface area contributed by atoms with Crippen LogP contribution in [0.25, 0.3) is 0 Å². The average Bonchev–Trinajstić information content (AvgIpc) is 3.00. The molecule has 1 aromatic carbocycles. The van der Waals surface area contributed by atoms with Gasteiger partial charge in [0.1, 0.15) is 12.2 Å². The van der Waals surface area contributed by atoms with E-state index in [1.54, 1.807) is 29.6 Å². The Kier molecular flexibility index (Phi) is 6.24. The molecule has 25 heavy (non-hydrogen) atoms. The molecule has 1 aromatic heterocycles. The van der Waals surface area contributed by atoms with E-state index in [4.69, 9.17) is 0 Å². The number of rotatable bonds is 6. The van der Waals surface area contributed by atoms with Crippen molar-refractivity contribution in [2.45, 2.75) is 20.8 Å². The summed E-state index contributed by atoms with van der Waals surface area (Å²) in [5, 5.41) is 7.89. The fourth-order valence-corrected chi connectivity index (χ4v) is 2.75. The van der Waals surface area contributed by atoms with Crippen LogP contribution in [0, 0.1) is 6.92 Å². The summed E-state index contributed by atoms with van der Waals surface area (Å²) in [4.78, 5) is 41.2. The normalized spacial score (nSPS) is 10.2. The number of likely N-dealkylation sites (N-methyl/N-ethyl adjacent to an activating group) is 1. The lowest BCUT2D eigenvalue weighted by molar-refractivity contribution is -0.117. The second-order valence-corrected chi connectivity index (χ2v) is 6.44. The molecule has 0 aliphatic carbocycles. The lowest BCUT2D eigenvalue weighted by Gasteiger charge is -2.19. The van der Waals surface area contributed by atoms with Crippen LogP contribution in [0.3, 0.4) is 0 Å². The highest BCUT2D eigenvalue weighted by Crippen LogP contribution is 2.14. The molecule has 132 valence electrons. The Morgan fingerprint density at radius 2 is 1.72 bits per heavy atom. The second-order valence-electron chi connectivity index (χ2n) is 5.38. The third-order valence-electron chi connectivity index (χ3n) is 3.33. The number of anilines is 2. The molecule has 0 saturated carbocycles. The van der Waals surface area contributed by atoms with Gasteiger partial charge in [-0.25, -0.2) is 4.98 Å². The number of aryl methyl sites for hydroxylation is 1. The molecule has 0 bridgehead atoms. The Hall–Kier alpha value is -2.74. The number of nitrogens with zero attached hydrogens (tertiary/aromatic N) is 2. The largest absolute Gasteiger partial charge is 0.328 e. The fourth-order valence-electron chi connectivity index (χ4n) is 2.16. The summed E-state index contributed by atoms with van der Waals surface area (Å²) in [5.74, 6) is -0.719. The van der Waals surface area contributed by atoms with Gasteiger partial charge in [0, 0.05) is 30.2 Å². The van der Waals surface area contributed by atoms with Crippen LogP contribution in [0.15, 0.2) is 29.6 Å². The molecule has 8 heteroatoms. The first-order chi connectivity index (χ1) is 11.9. The first-order valence-electron chi connectivity index (χ1n) is 7.78. The molecule has 0 atom stereocenters. The van der Waals surface area contributed by atoms with Crippen molar-refractivity contribution < 1.29 is 14.4 Å². The monoisotopic (exact) mass is 360 g/mol. The summed E-state index contributed by atoms with van der Waals surface area (Å²) in [6.07, 6.45) is 0. The zero-order valence-electron chi connectivity index (χ0n) is 14.3. The van der Waals surface area contributed by atoms with Gasteiger partial charge in [-0.1, -0.05) is 0 Å². The topological polar surface area (TPSA) is 91.4 Å². The summed E-state index contributed by atoms with van der Waals surface area (Å²) in [7, 11) is 0. The first kappa shape index (κ1) is 18.6. The third kappa shape index (κ3) is 5.39. The van der Waals surface area contributed by atoms with Gasteiger partial charge in [0.2, 0.25) is 11.8 Å². The van der Waals surface area contributed by atoms with Gasteiger partial charge in [-0.05, 0) is 38.1 Å². The number of amides is 3. The molecule has 1 heterocycles. The van der Waals surface area contributed by atoms with Gasteiger partial charge < -0.3 is 15.5 Å². The van der Waals surface area contributed by atoms with Gasteiger partial charge in [0.25, 0.3) is 5.91 Å². The van der Waals surface area contributed by atoms with Crippen LogP contribution >= 0.6 is 11.3 Å². The van der Waals surface area contributed by atoms with Crippen molar-refractivity contribution in [3.05, 3.63) is 40.3 Å². The molecule has 7 nitrogen and oxygen atoms in total. The molecule has 0 saturated heterocycles. The molecule has 0 spiro atoms. The maximum Gasteiger partial charge on any atom is 0.273 e. The molecular weight excluding hydrogens is 340 g/mol. The molecule has 0 radical (unpaired) electrons. The summed E-state index contributed by atoms with van der Waals surface area (Å²) < 4.78 is 0. The third-order valence-corrected chi connectivity index (χ3v) is 4.10. The lowest BCUT2D eigenvalue weighted by Crippen LogP contribution is -2.38. The van der Waals surface area contributed by atoms with Crippen LogP contribution in [0.5, 0.6) is 0 Å². The SMILES string of the molecule is CCN(CC(=O)Nc1ccc(NC(C)=O)cc1)C(=O)c1csc(C)n1. The van der Waals surface area contributed by atoms with Gasteiger partial charge >= 0.3 is 0 Å². The number of hydrogen-bond acceptors (Lipinski definition) is 5. The van der Waals surface area contributed by atoms with Crippen molar-refractivity contribution in [2.24, 2.45) is 0 Å². The van der Waals surface area contributed by atoms with Crippen molar-refractivity contribution in [3.63, 3.8) is 0 Å². The van der Waals surface area contributed by atoms with Gasteiger partial charge in [0.15, 0.2) is 0 Å². The smallest absolute Gasteiger partial charge is 0.273 e. The highest BCUT2D eigenvalue weighted by molar-refractivity contribution is 7.09. The maximum absolute atomic E-state index is 12.4. The van der Waals surface area contributed by atoms with E-state index in [1.165, 1.54) is 23.2 Å². The molecule has 0 unspecified atom stereocenters. The van der Waals surface area contributed by atoms with Crippen LogP contribution < -0.4 is 10.6 Å². The predicted molar refractivity (Wildman–Crippen MR) is 97.8 cm³/mol. The predicted octanol–water partition coefficient (Wildman–Crippen LogP) is 2.51. The van der Waals surface area contributed by atoms with Crippen LogP contribution in [0.2, 0.25) is 0 Å². The van der Waals surface area contributed by atoms with Crippen LogP contribution in [0.4, 0.5) is 11.4 Å². The Bertz CT molecular complexity index is 770. The van der Waals surface area contributed by atoms with Crippen molar-refractivity contribution in [3.8, 4) is 0 Å². The van der Waals surface area contributed by atoms with Crippen molar-refractivity contribution in [2.75, 3.05) is 23.7 Å². The Morgan fingerprint density at radius 3 is 2.20 bits per heavy atom. The van der Waals surface area contributed by atoms with Crippen LogP contribution in [-0.4, -0.2) is 40.7 Å². The number of benzene rings is 1. The minimum Gasteiger partial charge on any atom is -0.328 e. The fraction of sp³-hybridized carbons (Fsp3) is 0.294. The number of carbonyl (C=O) groups is 3. The zero-order chi connectivity index (χ0) is 18.4. The van der Waals surface area contributed by atoms with Gasteiger partial charge in [-0.3, -0.25) is 14.4 Å². The van der Waals surface area contributed by atoms with Gasteiger partial charge in [0.05, 0.1) is 5.01 Å². The lowest BCUT2D eigenvalue weighted by atomic mass is 10.2. The van der Waals surface area contributed by atoms with E-state index >= 15 is 0 Å². The van der Waals surface area contributed by atoms with E-state index in [0.717, 1.165) is 5.01 Å². The highest BCUT2D eigenvalue weighted by atomic mass is 32.1. The maximum atomic E-state index is 12.4. The number of carbonyl (C=O) groups excluding carboxylic acids is 3. The molecule has 0 aliphatic rings. The zero-order valence-corrected chi connectivity index (χ0v) is 15.1. The number of nitrogens with one attached hydrogen (secondary N) is 2. The van der Waals surface area contributed by atoms with E-state index in [1.807, 2.05) is 13.8 Å². The van der Waals surface area contributed by atoms with Crippen LogP contribution in [0.1, 0.15) is 29.3 Å². The van der Waals surface area contributed by atoms with E-state index in [-0.39, 0.29) is 24.3 Å². The molecular formula is C17H20N4O3S. The Balaban J connectivity index is 1.95. The average molecular weight is 360 g/mol.